The molecule has 0 bridgehead atoms. The molecule has 0 radical (unpaired) electrons. The van der Waals surface area contributed by atoms with Crippen molar-refractivity contribution in [1.29, 1.82) is 0 Å². The van der Waals surface area contributed by atoms with Crippen LogP contribution in [0.3, 0.4) is 0 Å². The average molecular weight is 359 g/mol. The minimum absolute atomic E-state index is 0.219. The lowest BCUT2D eigenvalue weighted by molar-refractivity contribution is 0.0787. The summed E-state index contributed by atoms with van der Waals surface area (Å²) in [6.07, 6.45) is 3.49. The summed E-state index contributed by atoms with van der Waals surface area (Å²) < 4.78 is 5.89. The van der Waals surface area contributed by atoms with Crippen LogP contribution in [0, 0.1) is 0 Å². The second-order valence-corrected chi connectivity index (χ2v) is 5.78. The van der Waals surface area contributed by atoms with E-state index in [4.69, 9.17) is 27.9 Å². The summed E-state index contributed by atoms with van der Waals surface area (Å²) in [5.74, 6) is 0.0625. The van der Waals surface area contributed by atoms with Gasteiger partial charge < -0.3 is 4.74 Å². The number of hydrogen-bond donors (Lipinski definition) is 0. The number of ketones is 1. The van der Waals surface area contributed by atoms with Gasteiger partial charge >= 0.3 is 0 Å². The molecule has 0 aliphatic rings. The number of rotatable bonds is 5. The molecular weight excluding hydrogens is 347 g/mol. The minimum atomic E-state index is -0.887. The summed E-state index contributed by atoms with van der Waals surface area (Å²) in [5, 5.41) is 0.819. The molecule has 6 heteroatoms. The molecule has 3 aromatic rings. The minimum Gasteiger partial charge on any atom is -0.476 e. The van der Waals surface area contributed by atoms with E-state index in [1.165, 1.54) is 18.6 Å². The van der Waals surface area contributed by atoms with Gasteiger partial charge in [0.15, 0.2) is 6.10 Å². The lowest BCUT2D eigenvalue weighted by atomic mass is 10.0. The molecule has 0 aliphatic heterocycles. The third-order valence-corrected chi connectivity index (χ3v) is 3.83. The van der Waals surface area contributed by atoms with Gasteiger partial charge in [-0.25, -0.2) is 4.98 Å². The maximum absolute atomic E-state index is 12.8. The molecule has 0 saturated heterocycles. The predicted octanol–water partition coefficient (Wildman–Crippen LogP) is 4.79. The SMILES string of the molecule is O=C(c1cnccn1)C(Oc1ccc(Cl)cc1Cl)c1ccccc1. The van der Waals surface area contributed by atoms with Crippen LogP contribution >= 0.6 is 23.2 Å². The standard InChI is InChI=1S/C18H12Cl2N2O2/c19-13-6-7-16(14(20)10-13)24-18(12-4-2-1-3-5-12)17(23)15-11-21-8-9-22-15/h1-11,18H. The van der Waals surface area contributed by atoms with Gasteiger partial charge in [0.2, 0.25) is 5.78 Å². The Morgan fingerprint density at radius 1 is 1.04 bits per heavy atom. The van der Waals surface area contributed by atoms with Crippen molar-refractivity contribution >= 4 is 29.0 Å². The van der Waals surface area contributed by atoms with Crippen molar-refractivity contribution in [3.63, 3.8) is 0 Å². The van der Waals surface area contributed by atoms with Gasteiger partial charge in [-0.3, -0.25) is 9.78 Å². The monoisotopic (exact) mass is 358 g/mol. The van der Waals surface area contributed by atoms with E-state index in [1.54, 1.807) is 18.2 Å². The van der Waals surface area contributed by atoms with Crippen molar-refractivity contribution in [1.82, 2.24) is 9.97 Å². The van der Waals surface area contributed by atoms with E-state index in [0.717, 1.165) is 0 Å². The number of carbonyl (C=O) groups is 1. The predicted molar refractivity (Wildman–Crippen MR) is 92.6 cm³/mol. The summed E-state index contributed by atoms with van der Waals surface area (Å²) >= 11 is 12.1. The number of Topliss-reactive ketones (excluding diaryl/α,β-unsaturated/α-hetero) is 1. The molecule has 0 fully saturated rings. The Hall–Kier alpha value is -2.43. The number of aromatic nitrogens is 2. The first-order chi connectivity index (χ1) is 11.6. The third kappa shape index (κ3) is 3.72. The Morgan fingerprint density at radius 3 is 2.50 bits per heavy atom. The summed E-state index contributed by atoms with van der Waals surface area (Å²) in [5.41, 5.74) is 0.913. The molecule has 3 rings (SSSR count). The molecule has 120 valence electrons. The highest BCUT2D eigenvalue weighted by Gasteiger charge is 2.26. The number of benzene rings is 2. The highest BCUT2D eigenvalue weighted by molar-refractivity contribution is 6.35. The number of ether oxygens (including phenoxy) is 1. The van der Waals surface area contributed by atoms with Crippen LogP contribution in [0.2, 0.25) is 10.0 Å². The van der Waals surface area contributed by atoms with E-state index >= 15 is 0 Å². The summed E-state index contributed by atoms with van der Waals surface area (Å²) in [6.45, 7) is 0. The van der Waals surface area contributed by atoms with Crippen molar-refractivity contribution in [2.24, 2.45) is 0 Å². The van der Waals surface area contributed by atoms with Crippen LogP contribution in [0.25, 0.3) is 0 Å². The lowest BCUT2D eigenvalue weighted by Gasteiger charge is -2.19. The van der Waals surface area contributed by atoms with Gasteiger partial charge in [0, 0.05) is 23.0 Å². The maximum Gasteiger partial charge on any atom is 0.227 e. The smallest absolute Gasteiger partial charge is 0.227 e. The van der Waals surface area contributed by atoms with Crippen LogP contribution in [-0.4, -0.2) is 15.8 Å². The molecule has 4 nitrogen and oxygen atoms in total. The molecular formula is C18H12Cl2N2O2. The summed E-state index contributed by atoms with van der Waals surface area (Å²) in [4.78, 5) is 20.8. The fourth-order valence-corrected chi connectivity index (χ4v) is 2.61. The molecule has 1 heterocycles. The molecule has 0 saturated carbocycles. The molecule has 0 amide bonds. The fourth-order valence-electron chi connectivity index (χ4n) is 2.16. The Balaban J connectivity index is 1.98. The van der Waals surface area contributed by atoms with Gasteiger partial charge in [0.1, 0.15) is 11.4 Å². The van der Waals surface area contributed by atoms with Gasteiger partial charge in [-0.15, -0.1) is 0 Å². The molecule has 2 aromatic carbocycles. The molecule has 0 spiro atoms. The second kappa shape index (κ2) is 7.43. The highest BCUT2D eigenvalue weighted by Crippen LogP contribution is 2.32. The first-order valence-electron chi connectivity index (χ1n) is 7.12. The Kier molecular flexibility index (Phi) is 5.08. The molecule has 1 aromatic heterocycles. The van der Waals surface area contributed by atoms with Gasteiger partial charge in [-0.1, -0.05) is 53.5 Å². The van der Waals surface area contributed by atoms with E-state index in [1.807, 2.05) is 30.3 Å². The highest BCUT2D eigenvalue weighted by atomic mass is 35.5. The fraction of sp³-hybridized carbons (Fsp3) is 0.0556. The van der Waals surface area contributed by atoms with Crippen LogP contribution in [0.5, 0.6) is 5.75 Å². The van der Waals surface area contributed by atoms with Crippen molar-refractivity contribution in [3.8, 4) is 5.75 Å². The summed E-state index contributed by atoms with van der Waals surface area (Å²) in [7, 11) is 0. The first-order valence-corrected chi connectivity index (χ1v) is 7.87. The zero-order valence-electron chi connectivity index (χ0n) is 12.4. The Labute approximate surface area is 149 Å². The normalized spacial score (nSPS) is 11.8. The summed E-state index contributed by atoms with van der Waals surface area (Å²) in [6, 6.07) is 14.0. The van der Waals surface area contributed by atoms with Gasteiger partial charge in [-0.05, 0) is 18.2 Å². The molecule has 24 heavy (non-hydrogen) atoms. The lowest BCUT2D eigenvalue weighted by Crippen LogP contribution is -2.20. The number of nitrogens with zero attached hydrogens (tertiary/aromatic N) is 2. The first kappa shape index (κ1) is 16.4. The average Bonchev–Trinajstić information content (AvgIpc) is 2.62. The van der Waals surface area contributed by atoms with E-state index in [2.05, 4.69) is 9.97 Å². The molecule has 1 atom stereocenters. The van der Waals surface area contributed by atoms with Crippen LogP contribution in [0.1, 0.15) is 22.2 Å². The van der Waals surface area contributed by atoms with Crippen LogP contribution < -0.4 is 4.74 Å². The van der Waals surface area contributed by atoms with E-state index in [9.17, 15) is 4.79 Å². The second-order valence-electron chi connectivity index (χ2n) is 4.94. The van der Waals surface area contributed by atoms with Crippen LogP contribution in [0.4, 0.5) is 0 Å². The largest absolute Gasteiger partial charge is 0.476 e. The molecule has 0 aliphatic carbocycles. The molecule has 1 unspecified atom stereocenters. The topological polar surface area (TPSA) is 52.1 Å². The van der Waals surface area contributed by atoms with Gasteiger partial charge in [-0.2, -0.15) is 0 Å². The molecule has 0 N–H and O–H groups in total. The maximum atomic E-state index is 12.8. The Bertz CT molecular complexity index is 842. The third-order valence-electron chi connectivity index (χ3n) is 3.29. The zero-order valence-corrected chi connectivity index (χ0v) is 13.9. The Morgan fingerprint density at radius 2 is 1.83 bits per heavy atom. The van der Waals surface area contributed by atoms with E-state index in [-0.39, 0.29) is 11.5 Å². The van der Waals surface area contributed by atoms with Crippen molar-refractivity contribution in [3.05, 3.63) is 88.4 Å². The van der Waals surface area contributed by atoms with Crippen LogP contribution in [-0.2, 0) is 0 Å². The van der Waals surface area contributed by atoms with Crippen molar-refractivity contribution in [2.45, 2.75) is 6.10 Å². The number of hydrogen-bond acceptors (Lipinski definition) is 4. The van der Waals surface area contributed by atoms with Crippen LogP contribution in [0.15, 0.2) is 67.1 Å². The number of carbonyl (C=O) groups excluding carboxylic acids is 1. The van der Waals surface area contributed by atoms with Crippen molar-refractivity contribution < 1.29 is 9.53 Å². The number of halogens is 2. The zero-order chi connectivity index (χ0) is 16.9. The quantitative estimate of drug-likeness (QED) is 0.615. The van der Waals surface area contributed by atoms with E-state index < -0.39 is 6.10 Å². The van der Waals surface area contributed by atoms with Gasteiger partial charge in [0.05, 0.1) is 11.2 Å². The van der Waals surface area contributed by atoms with Crippen molar-refractivity contribution in [2.75, 3.05) is 0 Å². The van der Waals surface area contributed by atoms with E-state index in [0.29, 0.717) is 21.4 Å². The van der Waals surface area contributed by atoms with Gasteiger partial charge in [0.25, 0.3) is 0 Å².